The molecule has 0 saturated heterocycles. The number of thiocarbonyl (C=S) groups is 1. The molecule has 0 saturated carbocycles. The summed E-state index contributed by atoms with van der Waals surface area (Å²) in [6.07, 6.45) is 0. The lowest BCUT2D eigenvalue weighted by Crippen LogP contribution is -2.40. The lowest BCUT2D eigenvalue weighted by molar-refractivity contribution is 0.0976. The second-order valence-electron chi connectivity index (χ2n) is 4.48. The summed E-state index contributed by atoms with van der Waals surface area (Å²) in [5, 5.41) is 5.83. The molecule has 0 unspecified atom stereocenters. The fraction of sp³-hybridized carbons (Fsp3) is 0.429. The van der Waals surface area contributed by atoms with Crippen LogP contribution in [0, 0.1) is 0 Å². The van der Waals surface area contributed by atoms with Gasteiger partial charge in [0.2, 0.25) is 0 Å². The maximum Gasteiger partial charge on any atom is 0.257 e. The van der Waals surface area contributed by atoms with Crippen molar-refractivity contribution in [3.05, 3.63) is 35.4 Å². The van der Waals surface area contributed by atoms with E-state index in [2.05, 4.69) is 24.5 Å². The minimum absolute atomic E-state index is 0.203. The van der Waals surface area contributed by atoms with Gasteiger partial charge in [-0.2, -0.15) is 0 Å². The molecule has 0 aliphatic heterocycles. The van der Waals surface area contributed by atoms with E-state index in [0.29, 0.717) is 29.7 Å². The van der Waals surface area contributed by atoms with Crippen LogP contribution >= 0.6 is 12.2 Å². The molecule has 1 rings (SSSR count). The monoisotopic (exact) mass is 280 g/mol. The van der Waals surface area contributed by atoms with Crippen LogP contribution < -0.4 is 10.6 Å². The number of benzene rings is 1. The molecule has 0 aliphatic carbocycles. The van der Waals surface area contributed by atoms with Gasteiger partial charge in [-0.25, -0.2) is 0 Å². The van der Waals surface area contributed by atoms with E-state index in [1.54, 1.807) is 7.11 Å². The number of hydrogen-bond donors (Lipinski definition) is 2. The zero-order valence-electron chi connectivity index (χ0n) is 11.5. The Morgan fingerprint density at radius 1 is 1.32 bits per heavy atom. The topological polar surface area (TPSA) is 50.4 Å². The van der Waals surface area contributed by atoms with Crippen LogP contribution in [0.4, 0.5) is 0 Å². The molecule has 104 valence electrons. The standard InChI is InChI=1S/C14H20N2O2S/c1-10(2)11-4-6-12(7-5-11)13(17)16-14(19)15-8-9-18-3/h4-7,10H,8-9H2,1-3H3,(H2,15,16,17,19). The highest BCUT2D eigenvalue weighted by molar-refractivity contribution is 7.80. The SMILES string of the molecule is COCCNC(=S)NC(=O)c1ccc(C(C)C)cc1. The van der Waals surface area contributed by atoms with Gasteiger partial charge in [-0.1, -0.05) is 26.0 Å². The number of carbonyl (C=O) groups excluding carboxylic acids is 1. The van der Waals surface area contributed by atoms with Gasteiger partial charge in [0, 0.05) is 19.2 Å². The third kappa shape index (κ3) is 5.36. The Bertz CT molecular complexity index is 430. The van der Waals surface area contributed by atoms with Gasteiger partial charge in [-0.05, 0) is 35.8 Å². The van der Waals surface area contributed by atoms with E-state index in [4.69, 9.17) is 17.0 Å². The van der Waals surface area contributed by atoms with Crippen LogP contribution in [0.25, 0.3) is 0 Å². The van der Waals surface area contributed by atoms with Gasteiger partial charge in [0.05, 0.1) is 6.61 Å². The first kappa shape index (κ1) is 15.6. The first-order chi connectivity index (χ1) is 9.04. The van der Waals surface area contributed by atoms with Crippen molar-refractivity contribution in [1.29, 1.82) is 0 Å². The van der Waals surface area contributed by atoms with Crippen molar-refractivity contribution in [2.45, 2.75) is 19.8 Å². The molecule has 0 bridgehead atoms. The van der Waals surface area contributed by atoms with E-state index >= 15 is 0 Å². The van der Waals surface area contributed by atoms with Crippen LogP contribution in [-0.4, -0.2) is 31.3 Å². The van der Waals surface area contributed by atoms with Crippen molar-refractivity contribution in [1.82, 2.24) is 10.6 Å². The Hall–Kier alpha value is -1.46. The Morgan fingerprint density at radius 2 is 1.95 bits per heavy atom. The predicted octanol–water partition coefficient (Wildman–Crippen LogP) is 2.06. The summed E-state index contributed by atoms with van der Waals surface area (Å²) in [4.78, 5) is 11.9. The van der Waals surface area contributed by atoms with Gasteiger partial charge in [0.25, 0.3) is 5.91 Å². The van der Waals surface area contributed by atoms with Gasteiger partial charge >= 0.3 is 0 Å². The van der Waals surface area contributed by atoms with E-state index in [-0.39, 0.29) is 5.91 Å². The normalized spacial score (nSPS) is 10.3. The third-order valence-electron chi connectivity index (χ3n) is 2.66. The highest BCUT2D eigenvalue weighted by atomic mass is 32.1. The molecule has 5 heteroatoms. The Labute approximate surface area is 119 Å². The number of ether oxygens (including phenoxy) is 1. The fourth-order valence-electron chi connectivity index (χ4n) is 1.51. The van der Waals surface area contributed by atoms with E-state index in [0.717, 1.165) is 0 Å². The van der Waals surface area contributed by atoms with Gasteiger partial charge in [0.15, 0.2) is 5.11 Å². The summed E-state index contributed by atoms with van der Waals surface area (Å²) in [7, 11) is 1.61. The van der Waals surface area contributed by atoms with Crippen molar-refractivity contribution < 1.29 is 9.53 Å². The van der Waals surface area contributed by atoms with Crippen LogP contribution in [0.1, 0.15) is 35.7 Å². The summed E-state index contributed by atoms with van der Waals surface area (Å²) in [5.74, 6) is 0.249. The minimum atomic E-state index is -0.203. The highest BCUT2D eigenvalue weighted by Gasteiger charge is 2.08. The molecule has 1 aromatic carbocycles. The quantitative estimate of drug-likeness (QED) is 0.640. The summed E-state index contributed by atoms with van der Waals surface area (Å²) >= 11 is 5.01. The minimum Gasteiger partial charge on any atom is -0.383 e. The van der Waals surface area contributed by atoms with Crippen molar-refractivity contribution in [2.75, 3.05) is 20.3 Å². The number of nitrogens with one attached hydrogen (secondary N) is 2. The molecule has 4 nitrogen and oxygen atoms in total. The molecule has 0 radical (unpaired) electrons. The number of methoxy groups -OCH3 is 1. The molecule has 0 spiro atoms. The largest absolute Gasteiger partial charge is 0.383 e. The Kier molecular flexibility index (Phi) is 6.45. The second kappa shape index (κ2) is 7.86. The lowest BCUT2D eigenvalue weighted by atomic mass is 10.0. The third-order valence-corrected chi connectivity index (χ3v) is 2.90. The molecule has 0 fully saturated rings. The molecule has 1 amide bonds. The van der Waals surface area contributed by atoms with Gasteiger partial charge in [0.1, 0.15) is 0 Å². The summed E-state index contributed by atoms with van der Waals surface area (Å²) in [6.45, 7) is 5.34. The van der Waals surface area contributed by atoms with Crippen LogP contribution in [-0.2, 0) is 4.74 Å². The molecule has 0 atom stereocenters. The van der Waals surface area contributed by atoms with Crippen LogP contribution in [0.15, 0.2) is 24.3 Å². The summed E-state index contributed by atoms with van der Waals surface area (Å²) in [5.41, 5.74) is 1.80. The average molecular weight is 280 g/mol. The summed E-state index contributed by atoms with van der Waals surface area (Å²) < 4.78 is 4.88. The van der Waals surface area contributed by atoms with Crippen molar-refractivity contribution in [2.24, 2.45) is 0 Å². The molecular formula is C14H20N2O2S. The number of rotatable bonds is 5. The molecular weight excluding hydrogens is 260 g/mol. The number of amides is 1. The average Bonchev–Trinajstić information content (AvgIpc) is 2.39. The van der Waals surface area contributed by atoms with Crippen LogP contribution in [0.5, 0.6) is 0 Å². The van der Waals surface area contributed by atoms with Crippen LogP contribution in [0.3, 0.4) is 0 Å². The smallest absolute Gasteiger partial charge is 0.257 e. The second-order valence-corrected chi connectivity index (χ2v) is 4.89. The molecule has 19 heavy (non-hydrogen) atoms. The fourth-order valence-corrected chi connectivity index (χ4v) is 1.70. The number of carbonyl (C=O) groups is 1. The van der Waals surface area contributed by atoms with E-state index in [1.165, 1.54) is 5.56 Å². The Morgan fingerprint density at radius 3 is 2.47 bits per heavy atom. The maximum absolute atomic E-state index is 11.9. The van der Waals surface area contributed by atoms with E-state index in [9.17, 15) is 4.79 Å². The maximum atomic E-state index is 11.9. The molecule has 0 aromatic heterocycles. The van der Waals surface area contributed by atoms with Crippen molar-refractivity contribution >= 4 is 23.2 Å². The number of hydrogen-bond acceptors (Lipinski definition) is 3. The van der Waals surface area contributed by atoms with Gasteiger partial charge in [-0.3, -0.25) is 10.1 Å². The zero-order valence-corrected chi connectivity index (χ0v) is 12.3. The highest BCUT2D eigenvalue weighted by Crippen LogP contribution is 2.14. The van der Waals surface area contributed by atoms with Gasteiger partial charge in [-0.15, -0.1) is 0 Å². The molecule has 0 heterocycles. The molecule has 0 aliphatic rings. The van der Waals surface area contributed by atoms with E-state index in [1.807, 2.05) is 24.3 Å². The van der Waals surface area contributed by atoms with Gasteiger partial charge < -0.3 is 10.1 Å². The summed E-state index contributed by atoms with van der Waals surface area (Å²) in [6, 6.07) is 7.53. The lowest BCUT2D eigenvalue weighted by Gasteiger charge is -2.10. The van der Waals surface area contributed by atoms with Crippen molar-refractivity contribution in [3.63, 3.8) is 0 Å². The first-order valence-electron chi connectivity index (χ1n) is 6.22. The molecule has 2 N–H and O–H groups in total. The zero-order chi connectivity index (χ0) is 14.3. The molecule has 1 aromatic rings. The van der Waals surface area contributed by atoms with Crippen molar-refractivity contribution in [3.8, 4) is 0 Å². The van der Waals surface area contributed by atoms with Crippen LogP contribution in [0.2, 0.25) is 0 Å². The predicted molar refractivity (Wildman–Crippen MR) is 80.5 cm³/mol. The van der Waals surface area contributed by atoms with E-state index < -0.39 is 0 Å². The first-order valence-corrected chi connectivity index (χ1v) is 6.63. The Balaban J connectivity index is 2.51.